The van der Waals surface area contributed by atoms with E-state index in [0.717, 1.165) is 5.56 Å². The molecule has 5 heteroatoms. The molecule has 0 aliphatic rings. The fourth-order valence-corrected chi connectivity index (χ4v) is 1.06. The lowest BCUT2D eigenvalue weighted by Gasteiger charge is -1.91. The molecular weight excluding hydrogens is 180 g/mol. The first-order valence-electron chi connectivity index (χ1n) is 4.11. The summed E-state index contributed by atoms with van der Waals surface area (Å²) in [5.74, 6) is -0.160. The zero-order chi connectivity index (χ0) is 9.97. The van der Waals surface area contributed by atoms with E-state index in [-0.39, 0.29) is 5.91 Å². The second kappa shape index (κ2) is 3.37. The minimum absolute atomic E-state index is 0.160. The van der Waals surface area contributed by atoms with Gasteiger partial charge in [0.15, 0.2) is 0 Å². The van der Waals surface area contributed by atoms with Gasteiger partial charge in [0.25, 0.3) is 0 Å². The second-order valence-electron chi connectivity index (χ2n) is 2.81. The predicted octanol–water partition coefficient (Wildman–Crippen LogP) is 1.00. The molecule has 0 saturated heterocycles. The normalized spacial score (nSPS) is 10.1. The highest BCUT2D eigenvalue weighted by molar-refractivity contribution is 5.75. The Kier molecular flexibility index (Phi) is 2.06. The van der Waals surface area contributed by atoms with Crippen LogP contribution in [0, 0.1) is 0 Å². The van der Waals surface area contributed by atoms with Gasteiger partial charge in [-0.25, -0.2) is 0 Å². The smallest absolute Gasteiger partial charge is 0.245 e. The van der Waals surface area contributed by atoms with Crippen molar-refractivity contribution < 1.29 is 4.79 Å². The lowest BCUT2D eigenvalue weighted by atomic mass is 10.2. The van der Waals surface area contributed by atoms with E-state index in [1.807, 2.05) is 12.1 Å². The van der Waals surface area contributed by atoms with Crippen LogP contribution in [0.5, 0.6) is 0 Å². The van der Waals surface area contributed by atoms with E-state index in [2.05, 4.69) is 15.3 Å². The Hall–Kier alpha value is -2.04. The van der Waals surface area contributed by atoms with E-state index < -0.39 is 0 Å². The molecule has 0 atom stereocenters. The summed E-state index contributed by atoms with van der Waals surface area (Å²) < 4.78 is 1.20. The van der Waals surface area contributed by atoms with Crippen molar-refractivity contribution in [2.75, 3.05) is 0 Å². The van der Waals surface area contributed by atoms with Gasteiger partial charge in [0.05, 0.1) is 6.20 Å². The Morgan fingerprint density at radius 3 is 2.93 bits per heavy atom. The average Bonchev–Trinajstić information content (AvgIpc) is 2.68. The molecule has 2 aromatic heterocycles. The second-order valence-corrected chi connectivity index (χ2v) is 2.81. The number of hydrogen-bond donors (Lipinski definition) is 0. The van der Waals surface area contributed by atoms with E-state index in [1.54, 1.807) is 18.6 Å². The lowest BCUT2D eigenvalue weighted by Crippen LogP contribution is -2.05. The van der Waals surface area contributed by atoms with Gasteiger partial charge in [-0.2, -0.15) is 4.68 Å². The van der Waals surface area contributed by atoms with E-state index in [1.165, 1.54) is 11.6 Å². The molecule has 2 rings (SSSR count). The van der Waals surface area contributed by atoms with Crippen molar-refractivity contribution in [2.45, 2.75) is 6.92 Å². The van der Waals surface area contributed by atoms with Gasteiger partial charge in [0.2, 0.25) is 5.91 Å². The maximum absolute atomic E-state index is 10.9. The topological polar surface area (TPSA) is 60.7 Å². The molecule has 0 aliphatic heterocycles. The zero-order valence-corrected chi connectivity index (χ0v) is 7.58. The fraction of sp³-hybridized carbons (Fsp3) is 0.111. The van der Waals surface area contributed by atoms with Crippen LogP contribution in [-0.4, -0.2) is 25.9 Å². The number of carbonyl (C=O) groups excluding carboxylic acids is 1. The van der Waals surface area contributed by atoms with Crippen LogP contribution in [0.4, 0.5) is 0 Å². The molecule has 14 heavy (non-hydrogen) atoms. The zero-order valence-electron chi connectivity index (χ0n) is 7.58. The van der Waals surface area contributed by atoms with Crippen molar-refractivity contribution in [3.8, 4) is 11.3 Å². The van der Waals surface area contributed by atoms with Crippen LogP contribution in [0.15, 0.2) is 30.7 Å². The molecule has 70 valence electrons. The highest BCUT2D eigenvalue weighted by Gasteiger charge is 2.05. The Balaban J connectivity index is 2.39. The third-order valence-corrected chi connectivity index (χ3v) is 1.77. The Morgan fingerprint density at radius 2 is 2.36 bits per heavy atom. The molecular formula is C9H8N4O. The van der Waals surface area contributed by atoms with Crippen molar-refractivity contribution >= 4 is 5.91 Å². The van der Waals surface area contributed by atoms with Crippen LogP contribution in [-0.2, 0) is 0 Å². The quantitative estimate of drug-likeness (QED) is 0.669. The predicted molar refractivity (Wildman–Crippen MR) is 49.6 cm³/mol. The molecule has 0 radical (unpaired) electrons. The lowest BCUT2D eigenvalue weighted by molar-refractivity contribution is 0.0919. The first-order valence-corrected chi connectivity index (χ1v) is 4.11. The first kappa shape index (κ1) is 8.55. The largest absolute Gasteiger partial charge is 0.273 e. The Morgan fingerprint density at radius 1 is 1.50 bits per heavy atom. The van der Waals surface area contributed by atoms with Crippen molar-refractivity contribution in [1.82, 2.24) is 20.0 Å². The molecule has 0 N–H and O–H groups in total. The first-order chi connectivity index (χ1) is 6.77. The maximum Gasteiger partial charge on any atom is 0.245 e. The van der Waals surface area contributed by atoms with Crippen molar-refractivity contribution in [3.05, 3.63) is 30.7 Å². The van der Waals surface area contributed by atoms with Gasteiger partial charge < -0.3 is 0 Å². The molecule has 0 aromatic carbocycles. The molecule has 0 fully saturated rings. The molecule has 0 saturated carbocycles. The van der Waals surface area contributed by atoms with Crippen LogP contribution >= 0.6 is 0 Å². The molecule has 0 aliphatic carbocycles. The van der Waals surface area contributed by atoms with Crippen molar-refractivity contribution in [1.29, 1.82) is 0 Å². The molecule has 0 spiro atoms. The number of hydrogen-bond acceptors (Lipinski definition) is 4. The third kappa shape index (κ3) is 1.52. The van der Waals surface area contributed by atoms with Crippen LogP contribution in [0.1, 0.15) is 11.7 Å². The van der Waals surface area contributed by atoms with Crippen LogP contribution < -0.4 is 0 Å². The summed E-state index contributed by atoms with van der Waals surface area (Å²) in [7, 11) is 0. The van der Waals surface area contributed by atoms with Crippen molar-refractivity contribution in [2.24, 2.45) is 0 Å². The fourth-order valence-electron chi connectivity index (χ4n) is 1.06. The Labute approximate surface area is 80.4 Å². The van der Waals surface area contributed by atoms with Gasteiger partial charge in [0.1, 0.15) is 5.69 Å². The average molecular weight is 188 g/mol. The summed E-state index contributed by atoms with van der Waals surface area (Å²) >= 11 is 0. The Bertz CT molecular complexity index is 449. The summed E-state index contributed by atoms with van der Waals surface area (Å²) in [6.07, 6.45) is 4.94. The maximum atomic E-state index is 10.9. The molecule has 0 unspecified atom stereocenters. The van der Waals surface area contributed by atoms with E-state index in [0.29, 0.717) is 5.69 Å². The van der Waals surface area contributed by atoms with Crippen molar-refractivity contribution in [3.63, 3.8) is 0 Å². The molecule has 5 nitrogen and oxygen atoms in total. The van der Waals surface area contributed by atoms with Crippen LogP contribution in [0.2, 0.25) is 0 Å². The van der Waals surface area contributed by atoms with E-state index in [4.69, 9.17) is 0 Å². The SMILES string of the molecule is CC(=O)n1cc(-c2cccnc2)nn1. The third-order valence-electron chi connectivity index (χ3n) is 1.77. The summed E-state index contributed by atoms with van der Waals surface area (Å²) in [5.41, 5.74) is 1.49. The number of pyridine rings is 1. The monoisotopic (exact) mass is 188 g/mol. The minimum Gasteiger partial charge on any atom is -0.273 e. The standard InChI is InChI=1S/C9H8N4O/c1-7(14)13-6-9(11-12-13)8-3-2-4-10-5-8/h2-6H,1H3. The summed E-state index contributed by atoms with van der Waals surface area (Å²) in [6, 6.07) is 3.67. The number of carbonyl (C=O) groups is 1. The molecule has 2 aromatic rings. The number of rotatable bonds is 1. The van der Waals surface area contributed by atoms with Crippen LogP contribution in [0.25, 0.3) is 11.3 Å². The molecule has 0 bridgehead atoms. The summed E-state index contributed by atoms with van der Waals surface area (Å²) in [5, 5.41) is 7.54. The molecule has 2 heterocycles. The van der Waals surface area contributed by atoms with Gasteiger partial charge in [-0.15, -0.1) is 5.10 Å². The van der Waals surface area contributed by atoms with Gasteiger partial charge >= 0.3 is 0 Å². The summed E-state index contributed by atoms with van der Waals surface area (Å²) in [4.78, 5) is 14.9. The highest BCUT2D eigenvalue weighted by atomic mass is 16.2. The summed E-state index contributed by atoms with van der Waals surface area (Å²) in [6.45, 7) is 1.43. The number of aromatic nitrogens is 4. The number of nitrogens with zero attached hydrogens (tertiary/aromatic N) is 4. The van der Waals surface area contributed by atoms with E-state index in [9.17, 15) is 4.79 Å². The van der Waals surface area contributed by atoms with Gasteiger partial charge in [-0.3, -0.25) is 9.78 Å². The van der Waals surface area contributed by atoms with Crippen LogP contribution in [0.3, 0.4) is 0 Å². The van der Waals surface area contributed by atoms with E-state index >= 15 is 0 Å². The van der Waals surface area contributed by atoms with Gasteiger partial charge in [-0.05, 0) is 12.1 Å². The van der Waals surface area contributed by atoms with Gasteiger partial charge in [-0.1, -0.05) is 5.21 Å². The highest BCUT2D eigenvalue weighted by Crippen LogP contribution is 2.13. The van der Waals surface area contributed by atoms with Gasteiger partial charge in [0, 0.05) is 24.9 Å². The minimum atomic E-state index is -0.160. The molecule has 0 amide bonds.